The Morgan fingerprint density at radius 2 is 0.877 bits per heavy atom. The molecule has 0 spiro atoms. The van der Waals surface area contributed by atoms with Gasteiger partial charge in [0, 0.05) is 26.9 Å². The summed E-state index contributed by atoms with van der Waals surface area (Å²) in [5.74, 6) is 0.0323. The van der Waals surface area contributed by atoms with Gasteiger partial charge in [-0.05, 0) is 77.4 Å². The number of nitrogens with zero attached hydrogens (tertiary/aromatic N) is 2. The molecule has 0 aliphatic rings. The van der Waals surface area contributed by atoms with Gasteiger partial charge < -0.3 is 24.0 Å². The Morgan fingerprint density at radius 3 is 1.28 bits per heavy atom. The first-order valence-electron chi connectivity index (χ1n) is 24.5. The second kappa shape index (κ2) is 54.5. The lowest BCUT2D eigenvalue weighted by Gasteiger charge is -2.22. The molecule has 1 unspecified atom stereocenters. The number of rotatable bonds is 43. The average molecular weight is 813 g/mol. The van der Waals surface area contributed by atoms with Gasteiger partial charge in [0.05, 0.1) is 13.7 Å². The van der Waals surface area contributed by atoms with Gasteiger partial charge in [-0.15, -0.1) is 0 Å². The summed E-state index contributed by atoms with van der Waals surface area (Å²) in [6.45, 7) is 13.5. The van der Waals surface area contributed by atoms with E-state index < -0.39 is 0 Å². The molecule has 0 radical (unpaired) electrons. The van der Waals surface area contributed by atoms with Crippen molar-refractivity contribution in [2.75, 3.05) is 47.4 Å². The Labute approximate surface area is 356 Å². The molecule has 0 amide bonds. The van der Waals surface area contributed by atoms with Crippen LogP contribution in [-0.4, -0.2) is 82.2 Å². The number of carbonyl (C=O) groups is 3. The van der Waals surface area contributed by atoms with Crippen LogP contribution in [0.1, 0.15) is 246 Å². The summed E-state index contributed by atoms with van der Waals surface area (Å²) in [4.78, 5) is 40.2. The number of carbonyl (C=O) groups excluding carboxylic acids is 3. The Morgan fingerprint density at radius 1 is 0.509 bits per heavy atom. The summed E-state index contributed by atoms with van der Waals surface area (Å²) < 4.78 is 10.6. The molecule has 0 aromatic rings. The van der Waals surface area contributed by atoms with E-state index in [2.05, 4.69) is 42.2 Å². The van der Waals surface area contributed by atoms with E-state index in [0.717, 1.165) is 57.9 Å². The number of aldehydes is 1. The normalized spacial score (nSPS) is 11.5. The molecule has 1 atom stereocenters. The largest absolute Gasteiger partial charge is 0.468 e. The van der Waals surface area contributed by atoms with E-state index in [9.17, 15) is 14.4 Å². The van der Waals surface area contributed by atoms with Gasteiger partial charge in [-0.3, -0.25) is 9.59 Å². The van der Waals surface area contributed by atoms with Gasteiger partial charge in [0.2, 0.25) is 0 Å². The highest BCUT2D eigenvalue weighted by Gasteiger charge is 2.14. The van der Waals surface area contributed by atoms with Crippen molar-refractivity contribution in [1.29, 1.82) is 0 Å². The summed E-state index contributed by atoms with van der Waals surface area (Å²) in [5, 5.41) is 1.62. The zero-order chi connectivity index (χ0) is 42.7. The smallest absolute Gasteiger partial charge is 0.306 e. The van der Waals surface area contributed by atoms with Gasteiger partial charge in [0.25, 0.3) is 6.47 Å². The quantitative estimate of drug-likeness (QED) is 0.0260. The Kier molecular flexibility index (Phi) is 57.2. The minimum atomic E-state index is 0.0323. The van der Waals surface area contributed by atoms with Crippen molar-refractivity contribution in [3.8, 4) is 0 Å². The maximum atomic E-state index is 12.6. The number of hydrogen-bond acceptors (Lipinski definition) is 8. The number of hydrogen-bond donors (Lipinski definition) is 0. The van der Waals surface area contributed by atoms with Gasteiger partial charge in [-0.2, -0.15) is 5.06 Å². The molecule has 57 heavy (non-hydrogen) atoms. The average Bonchev–Trinajstić information content (AvgIpc) is 3.21. The molecule has 0 rings (SSSR count). The number of hydroxylamine groups is 2. The van der Waals surface area contributed by atoms with Crippen LogP contribution >= 0.6 is 0 Å². The molecule has 342 valence electrons. The first kappa shape index (κ1) is 59.8. The van der Waals surface area contributed by atoms with Crippen molar-refractivity contribution in [2.24, 2.45) is 0 Å². The van der Waals surface area contributed by atoms with Crippen LogP contribution in [0, 0.1) is 0 Å². The van der Waals surface area contributed by atoms with Crippen molar-refractivity contribution in [2.45, 2.75) is 252 Å². The van der Waals surface area contributed by atoms with Gasteiger partial charge in [-0.1, -0.05) is 175 Å². The minimum absolute atomic E-state index is 0.0323. The van der Waals surface area contributed by atoms with Gasteiger partial charge in [0.1, 0.15) is 12.4 Å². The van der Waals surface area contributed by atoms with Crippen LogP contribution in [0.15, 0.2) is 0 Å². The Bertz CT molecular complexity index is 768. The number of esters is 1. The van der Waals surface area contributed by atoms with Crippen molar-refractivity contribution >= 4 is 18.7 Å². The van der Waals surface area contributed by atoms with E-state index in [1.54, 1.807) is 12.2 Å². The van der Waals surface area contributed by atoms with Crippen molar-refractivity contribution < 1.29 is 28.7 Å². The van der Waals surface area contributed by atoms with Crippen LogP contribution in [0.25, 0.3) is 0 Å². The van der Waals surface area contributed by atoms with Gasteiger partial charge in [-0.25, -0.2) is 0 Å². The molecule has 0 fully saturated rings. The van der Waals surface area contributed by atoms with Crippen LogP contribution in [0.2, 0.25) is 0 Å². The standard InChI is InChI=1S/C36H71NO3.C10H20O2.C3H9NO/c1-4-7-10-13-17-22-29-35(28-21-16-12-9-6-3)40-36(39)30-23-18-15-20-25-32-37(33-26-27-34-38)31-24-19-14-11-8-5-2;1-2-3-4-5-6-7-8-9-12-10-11;1-4(2)5-3/h34-35H,4-33H2,1-3H3;10H,2-9H2,1H3;1-3H3. The second-order valence-electron chi connectivity index (χ2n) is 16.4. The predicted octanol–water partition coefficient (Wildman–Crippen LogP) is 14.0. The molecule has 0 N–H and O–H groups in total. The SMILES string of the molecule is CCCCCCCCC(CCCCCCC)OC(=O)CCCCCCCN(CCCC=O)CCCCCCCC.CCCCCCCCCOC=O.CON(C)C. The molecule has 0 bridgehead atoms. The Balaban J connectivity index is -0.00000141. The monoisotopic (exact) mass is 813 g/mol. The van der Waals surface area contributed by atoms with Crippen LogP contribution in [0.3, 0.4) is 0 Å². The fourth-order valence-electron chi connectivity index (χ4n) is 6.81. The molecule has 8 heteroatoms. The van der Waals surface area contributed by atoms with Gasteiger partial charge >= 0.3 is 5.97 Å². The maximum absolute atomic E-state index is 12.6. The number of ether oxygens (including phenoxy) is 2. The van der Waals surface area contributed by atoms with Crippen LogP contribution in [-0.2, 0) is 28.7 Å². The Hall–Kier alpha value is -1.51. The fraction of sp³-hybridized carbons (Fsp3) is 0.939. The lowest BCUT2D eigenvalue weighted by atomic mass is 10.0. The highest BCUT2D eigenvalue weighted by atomic mass is 16.7. The zero-order valence-electron chi connectivity index (χ0n) is 39.4. The highest BCUT2D eigenvalue weighted by Crippen LogP contribution is 2.18. The van der Waals surface area contributed by atoms with E-state index in [0.29, 0.717) is 25.9 Å². The summed E-state index contributed by atoms with van der Waals surface area (Å²) in [6.07, 6.45) is 42.2. The molecular weight excluding hydrogens is 713 g/mol. The molecule has 0 saturated carbocycles. The van der Waals surface area contributed by atoms with Gasteiger partial charge in [0.15, 0.2) is 0 Å². The topological polar surface area (TPSA) is 85.4 Å². The molecule has 0 heterocycles. The molecule has 8 nitrogen and oxygen atoms in total. The van der Waals surface area contributed by atoms with E-state index in [4.69, 9.17) is 4.74 Å². The lowest BCUT2D eigenvalue weighted by Crippen LogP contribution is -2.27. The molecule has 0 aromatic heterocycles. The third-order valence-corrected chi connectivity index (χ3v) is 10.6. The van der Waals surface area contributed by atoms with E-state index >= 15 is 0 Å². The zero-order valence-corrected chi connectivity index (χ0v) is 39.4. The summed E-state index contributed by atoms with van der Waals surface area (Å²) >= 11 is 0. The molecule has 0 aliphatic heterocycles. The highest BCUT2D eigenvalue weighted by molar-refractivity contribution is 5.69. The summed E-state index contributed by atoms with van der Waals surface area (Å²) in [6, 6.07) is 0. The predicted molar refractivity (Wildman–Crippen MR) is 245 cm³/mol. The second-order valence-corrected chi connectivity index (χ2v) is 16.4. The third kappa shape index (κ3) is 56.6. The summed E-state index contributed by atoms with van der Waals surface area (Å²) in [5.41, 5.74) is 0. The lowest BCUT2D eigenvalue weighted by molar-refractivity contribution is -0.150. The van der Waals surface area contributed by atoms with Crippen molar-refractivity contribution in [3.05, 3.63) is 0 Å². The van der Waals surface area contributed by atoms with Crippen LogP contribution < -0.4 is 0 Å². The van der Waals surface area contributed by atoms with E-state index in [-0.39, 0.29) is 12.1 Å². The van der Waals surface area contributed by atoms with Crippen molar-refractivity contribution in [3.63, 3.8) is 0 Å². The van der Waals surface area contributed by atoms with Crippen molar-refractivity contribution in [1.82, 2.24) is 9.96 Å². The first-order valence-corrected chi connectivity index (χ1v) is 24.5. The van der Waals surface area contributed by atoms with E-state index in [1.165, 1.54) is 173 Å². The number of unbranched alkanes of at least 4 members (excludes halogenated alkanes) is 25. The third-order valence-electron chi connectivity index (χ3n) is 10.6. The maximum Gasteiger partial charge on any atom is 0.306 e. The molecule has 0 aliphatic carbocycles. The fourth-order valence-corrected chi connectivity index (χ4v) is 6.81. The molecule has 0 aromatic carbocycles. The molecule has 0 saturated heterocycles. The van der Waals surface area contributed by atoms with Crippen LogP contribution in [0.4, 0.5) is 0 Å². The minimum Gasteiger partial charge on any atom is -0.468 e. The first-order chi connectivity index (χ1) is 27.9. The van der Waals surface area contributed by atoms with Crippen LogP contribution in [0.5, 0.6) is 0 Å². The summed E-state index contributed by atoms with van der Waals surface area (Å²) in [7, 11) is 5.29. The van der Waals surface area contributed by atoms with E-state index in [1.807, 2.05) is 14.1 Å². The molecular formula is C49H100N2O6.